The number of benzene rings is 2. The summed E-state index contributed by atoms with van der Waals surface area (Å²) < 4.78 is 11.4. The van der Waals surface area contributed by atoms with E-state index in [1.165, 1.54) is 48.0 Å². The summed E-state index contributed by atoms with van der Waals surface area (Å²) >= 11 is 6.44. The normalized spacial score (nSPS) is 14.3. The molecule has 1 N–H and O–H groups in total. The van der Waals surface area contributed by atoms with Crippen LogP contribution in [0.2, 0.25) is 0 Å². The molecule has 9 nitrogen and oxygen atoms in total. The molecule has 2 aromatic carbocycles. The number of methoxy groups -OCH3 is 1. The molecule has 2 amide bonds. The average molecular weight is 486 g/mol. The molecule has 1 saturated heterocycles. The first-order valence-electron chi connectivity index (χ1n) is 9.53. The number of thiocarbonyl (C=S) groups is 1. The molecule has 2 aromatic rings. The van der Waals surface area contributed by atoms with E-state index in [-0.39, 0.29) is 23.9 Å². The van der Waals surface area contributed by atoms with Crippen LogP contribution in [0.15, 0.2) is 60.0 Å². The average Bonchev–Trinajstić information content (AvgIpc) is 3.05. The lowest BCUT2D eigenvalue weighted by Crippen LogP contribution is -2.27. The first-order valence-corrected chi connectivity index (χ1v) is 10.8. The van der Waals surface area contributed by atoms with Gasteiger partial charge in [0.2, 0.25) is 0 Å². The van der Waals surface area contributed by atoms with Gasteiger partial charge in [-0.3, -0.25) is 24.6 Å². The SMILES string of the molecule is C=CCN1C(=O)/C(=C\c2ccc(OCC(=O)Nc3cccc([N+](=O)[O-])c3)c(OC)c2)SC1=S. The number of nitrogens with zero attached hydrogens (tertiary/aromatic N) is 2. The van der Waals surface area contributed by atoms with Crippen molar-refractivity contribution in [3.05, 3.63) is 75.7 Å². The molecule has 0 unspecified atom stereocenters. The molecule has 11 heteroatoms. The van der Waals surface area contributed by atoms with Crippen molar-refractivity contribution in [2.45, 2.75) is 0 Å². The van der Waals surface area contributed by atoms with E-state index in [1.807, 2.05) is 0 Å². The molecule has 0 bridgehead atoms. The Bertz CT molecular complexity index is 1160. The summed E-state index contributed by atoms with van der Waals surface area (Å²) in [7, 11) is 1.46. The Morgan fingerprint density at radius 1 is 1.30 bits per heavy atom. The van der Waals surface area contributed by atoms with Crippen molar-refractivity contribution >= 4 is 57.6 Å². The van der Waals surface area contributed by atoms with Crippen LogP contribution in [0.5, 0.6) is 11.5 Å². The molecule has 1 aliphatic heterocycles. The number of rotatable bonds is 9. The number of amides is 2. The van der Waals surface area contributed by atoms with Gasteiger partial charge in [-0.15, -0.1) is 6.58 Å². The largest absolute Gasteiger partial charge is 0.493 e. The number of nitro groups is 1. The number of nitro benzene ring substituents is 1. The van der Waals surface area contributed by atoms with Crippen molar-refractivity contribution in [3.8, 4) is 11.5 Å². The Hall–Kier alpha value is -3.70. The van der Waals surface area contributed by atoms with E-state index in [2.05, 4.69) is 11.9 Å². The van der Waals surface area contributed by atoms with E-state index < -0.39 is 10.8 Å². The molecule has 0 radical (unpaired) electrons. The van der Waals surface area contributed by atoms with Crippen molar-refractivity contribution in [2.75, 3.05) is 25.6 Å². The molecule has 0 atom stereocenters. The third kappa shape index (κ3) is 5.96. The van der Waals surface area contributed by atoms with Gasteiger partial charge in [0, 0.05) is 24.4 Å². The van der Waals surface area contributed by atoms with E-state index in [0.717, 1.165) is 0 Å². The number of carbonyl (C=O) groups excluding carboxylic acids is 2. The van der Waals surface area contributed by atoms with E-state index in [9.17, 15) is 19.7 Å². The van der Waals surface area contributed by atoms with Crippen molar-refractivity contribution in [2.24, 2.45) is 0 Å². The molecular weight excluding hydrogens is 466 g/mol. The van der Waals surface area contributed by atoms with Gasteiger partial charge >= 0.3 is 0 Å². The van der Waals surface area contributed by atoms with E-state index in [0.29, 0.717) is 32.8 Å². The van der Waals surface area contributed by atoms with Crippen LogP contribution in [0, 0.1) is 10.1 Å². The minimum Gasteiger partial charge on any atom is -0.493 e. The lowest BCUT2D eigenvalue weighted by Gasteiger charge is -2.12. The maximum Gasteiger partial charge on any atom is 0.271 e. The van der Waals surface area contributed by atoms with Crippen LogP contribution in [-0.2, 0) is 9.59 Å². The lowest BCUT2D eigenvalue weighted by molar-refractivity contribution is -0.384. The van der Waals surface area contributed by atoms with Crippen LogP contribution in [0.4, 0.5) is 11.4 Å². The number of non-ortho nitro benzene ring substituents is 1. The Morgan fingerprint density at radius 3 is 2.79 bits per heavy atom. The lowest BCUT2D eigenvalue weighted by atomic mass is 10.2. The van der Waals surface area contributed by atoms with E-state index in [4.69, 9.17) is 21.7 Å². The predicted molar refractivity (Wildman–Crippen MR) is 130 cm³/mol. The highest BCUT2D eigenvalue weighted by Crippen LogP contribution is 2.34. The number of anilines is 1. The molecule has 0 spiro atoms. The first-order chi connectivity index (χ1) is 15.8. The van der Waals surface area contributed by atoms with Gasteiger partial charge in [0.15, 0.2) is 18.1 Å². The summed E-state index contributed by atoms with van der Waals surface area (Å²) in [5.41, 5.74) is 0.848. The first kappa shape index (κ1) is 24.0. The Kier molecular flexibility index (Phi) is 7.80. The number of hydrogen-bond acceptors (Lipinski definition) is 8. The van der Waals surface area contributed by atoms with Gasteiger partial charge in [-0.2, -0.15) is 0 Å². The number of thioether (sulfide) groups is 1. The van der Waals surface area contributed by atoms with Crippen LogP contribution < -0.4 is 14.8 Å². The maximum absolute atomic E-state index is 12.5. The van der Waals surface area contributed by atoms with E-state index in [1.54, 1.807) is 30.4 Å². The van der Waals surface area contributed by atoms with Crippen molar-refractivity contribution in [1.82, 2.24) is 4.90 Å². The molecule has 1 heterocycles. The Morgan fingerprint density at radius 2 is 2.09 bits per heavy atom. The maximum atomic E-state index is 12.5. The number of ether oxygens (including phenoxy) is 2. The zero-order valence-corrected chi connectivity index (χ0v) is 19.1. The highest BCUT2D eigenvalue weighted by atomic mass is 32.2. The van der Waals surface area contributed by atoms with Crippen LogP contribution in [0.1, 0.15) is 5.56 Å². The molecule has 0 aromatic heterocycles. The van der Waals surface area contributed by atoms with Crippen LogP contribution in [0.25, 0.3) is 6.08 Å². The highest BCUT2D eigenvalue weighted by Gasteiger charge is 2.31. The monoisotopic (exact) mass is 485 g/mol. The summed E-state index contributed by atoms with van der Waals surface area (Å²) in [6, 6.07) is 10.6. The summed E-state index contributed by atoms with van der Waals surface area (Å²) in [6.45, 7) is 3.64. The van der Waals surface area contributed by atoms with Gasteiger partial charge in [-0.25, -0.2) is 0 Å². The molecule has 0 aliphatic carbocycles. The van der Waals surface area contributed by atoms with Gasteiger partial charge in [-0.1, -0.05) is 42.2 Å². The Labute approximate surface area is 199 Å². The zero-order valence-electron chi connectivity index (χ0n) is 17.5. The molecule has 1 aliphatic rings. The van der Waals surface area contributed by atoms with Crippen LogP contribution >= 0.6 is 24.0 Å². The molecule has 33 heavy (non-hydrogen) atoms. The topological polar surface area (TPSA) is 111 Å². The second-order valence-electron chi connectivity index (χ2n) is 6.64. The fourth-order valence-corrected chi connectivity index (χ4v) is 4.14. The summed E-state index contributed by atoms with van der Waals surface area (Å²) in [5, 5.41) is 13.4. The second-order valence-corrected chi connectivity index (χ2v) is 8.31. The highest BCUT2D eigenvalue weighted by molar-refractivity contribution is 8.26. The molecule has 3 rings (SSSR count). The fourth-order valence-electron chi connectivity index (χ4n) is 2.87. The number of carbonyl (C=O) groups is 2. The van der Waals surface area contributed by atoms with Gasteiger partial charge in [-0.05, 0) is 29.8 Å². The van der Waals surface area contributed by atoms with Gasteiger partial charge in [0.1, 0.15) is 4.32 Å². The van der Waals surface area contributed by atoms with Gasteiger partial charge in [0.05, 0.1) is 16.9 Å². The number of hydrogen-bond donors (Lipinski definition) is 1. The third-order valence-corrected chi connectivity index (χ3v) is 5.75. The minimum atomic E-state index is -0.546. The predicted octanol–water partition coefficient (Wildman–Crippen LogP) is 4.01. The van der Waals surface area contributed by atoms with Crippen LogP contribution in [0.3, 0.4) is 0 Å². The second kappa shape index (κ2) is 10.7. The van der Waals surface area contributed by atoms with Gasteiger partial charge in [0.25, 0.3) is 17.5 Å². The molecule has 0 saturated carbocycles. The minimum absolute atomic E-state index is 0.132. The number of nitrogens with one attached hydrogen (secondary N) is 1. The molecular formula is C22H19N3O6S2. The third-order valence-electron chi connectivity index (χ3n) is 4.37. The van der Waals surface area contributed by atoms with Crippen molar-refractivity contribution in [3.63, 3.8) is 0 Å². The molecule has 1 fully saturated rings. The van der Waals surface area contributed by atoms with Crippen LogP contribution in [-0.4, -0.2) is 46.2 Å². The zero-order chi connectivity index (χ0) is 24.0. The summed E-state index contributed by atoms with van der Waals surface area (Å²) in [4.78, 5) is 36.9. The fraction of sp³-hybridized carbons (Fsp3) is 0.136. The van der Waals surface area contributed by atoms with Crippen molar-refractivity contribution in [1.29, 1.82) is 0 Å². The summed E-state index contributed by atoms with van der Waals surface area (Å²) in [5.74, 6) is 0.00560. The summed E-state index contributed by atoms with van der Waals surface area (Å²) in [6.07, 6.45) is 3.31. The quantitative estimate of drug-likeness (QED) is 0.186. The van der Waals surface area contributed by atoms with Crippen molar-refractivity contribution < 1.29 is 24.0 Å². The van der Waals surface area contributed by atoms with E-state index >= 15 is 0 Å². The molecule has 170 valence electrons. The smallest absolute Gasteiger partial charge is 0.271 e. The standard InChI is InChI=1S/C22H19N3O6S2/c1-3-9-24-21(27)19(33-22(24)32)11-14-7-8-17(18(10-14)30-2)31-13-20(26)23-15-5-4-6-16(12-15)25(28)29/h3-8,10-12H,1,9,13H2,2H3,(H,23,26)/b19-11+. The van der Waals surface area contributed by atoms with Gasteiger partial charge < -0.3 is 14.8 Å². The Balaban J connectivity index is 1.67.